The van der Waals surface area contributed by atoms with Crippen molar-refractivity contribution >= 4 is 16.7 Å². The second-order valence-corrected chi connectivity index (χ2v) is 9.41. The Kier molecular flexibility index (Phi) is 5.17. The largest absolute Gasteiger partial charge is 0.364 e. The number of pyridine rings is 3. The molecule has 0 aromatic carbocycles. The number of aromatic amines is 2. The van der Waals surface area contributed by atoms with E-state index in [2.05, 4.69) is 47.9 Å². The highest BCUT2D eigenvalue weighted by Gasteiger charge is 2.42. The predicted molar refractivity (Wildman–Crippen MR) is 133 cm³/mol. The number of rotatable bonds is 5. The van der Waals surface area contributed by atoms with Crippen molar-refractivity contribution in [1.29, 1.82) is 0 Å². The molecule has 34 heavy (non-hydrogen) atoms. The van der Waals surface area contributed by atoms with Gasteiger partial charge in [0.1, 0.15) is 5.82 Å². The van der Waals surface area contributed by atoms with Crippen LogP contribution in [0.4, 0.5) is 5.69 Å². The SMILES string of the molecule is CCc1cc2ncc(CN3CCN(c4ccc(-c5cnc(C)[nH]5)nc4)[C@@H]4CC[C@H]43)cc2[nH]c1=O. The fraction of sp³-hybridized carbons (Fsp3) is 0.385. The van der Waals surface area contributed by atoms with E-state index in [0.29, 0.717) is 18.5 Å². The summed E-state index contributed by atoms with van der Waals surface area (Å²) in [6, 6.07) is 9.29. The van der Waals surface area contributed by atoms with Gasteiger partial charge in [-0.15, -0.1) is 0 Å². The summed E-state index contributed by atoms with van der Waals surface area (Å²) < 4.78 is 0. The molecule has 0 unspecified atom stereocenters. The van der Waals surface area contributed by atoms with E-state index in [1.165, 1.54) is 18.5 Å². The van der Waals surface area contributed by atoms with Crippen molar-refractivity contribution in [1.82, 2.24) is 29.8 Å². The molecule has 8 heteroatoms. The first-order chi connectivity index (χ1) is 16.6. The van der Waals surface area contributed by atoms with Gasteiger partial charge in [-0.3, -0.25) is 19.7 Å². The maximum Gasteiger partial charge on any atom is 0.251 e. The van der Waals surface area contributed by atoms with Gasteiger partial charge in [-0.25, -0.2) is 4.98 Å². The van der Waals surface area contributed by atoms with Gasteiger partial charge in [-0.05, 0) is 56.0 Å². The van der Waals surface area contributed by atoms with Gasteiger partial charge < -0.3 is 14.9 Å². The molecule has 2 aliphatic rings. The van der Waals surface area contributed by atoms with Crippen molar-refractivity contribution in [3.63, 3.8) is 0 Å². The van der Waals surface area contributed by atoms with E-state index in [0.717, 1.165) is 59.0 Å². The molecular weight excluding hydrogens is 426 g/mol. The number of imidazole rings is 1. The first-order valence-electron chi connectivity index (χ1n) is 12.1. The third-order valence-electron chi connectivity index (χ3n) is 7.35. The van der Waals surface area contributed by atoms with Crippen LogP contribution in [0.5, 0.6) is 0 Å². The molecule has 6 rings (SSSR count). The van der Waals surface area contributed by atoms with Crippen molar-refractivity contribution in [2.24, 2.45) is 0 Å². The maximum absolute atomic E-state index is 12.2. The summed E-state index contributed by atoms with van der Waals surface area (Å²) in [6.07, 6.45) is 8.90. The zero-order valence-corrected chi connectivity index (χ0v) is 19.6. The lowest BCUT2D eigenvalue weighted by atomic mass is 9.81. The second-order valence-electron chi connectivity index (χ2n) is 9.41. The number of hydrogen-bond donors (Lipinski definition) is 2. The number of fused-ring (bicyclic) bond motifs is 2. The van der Waals surface area contributed by atoms with E-state index >= 15 is 0 Å². The Morgan fingerprint density at radius 2 is 1.88 bits per heavy atom. The van der Waals surface area contributed by atoms with Crippen LogP contribution in [0.15, 0.2) is 47.7 Å². The third-order valence-corrected chi connectivity index (χ3v) is 7.35. The fourth-order valence-corrected chi connectivity index (χ4v) is 5.36. The summed E-state index contributed by atoms with van der Waals surface area (Å²) in [7, 11) is 0. The van der Waals surface area contributed by atoms with Crippen molar-refractivity contribution in [3.05, 3.63) is 70.2 Å². The van der Waals surface area contributed by atoms with Crippen LogP contribution in [0, 0.1) is 6.92 Å². The Morgan fingerprint density at radius 1 is 1.00 bits per heavy atom. The topological polar surface area (TPSA) is 93.8 Å². The fourth-order valence-electron chi connectivity index (χ4n) is 5.36. The number of hydrogen-bond acceptors (Lipinski definition) is 6. The summed E-state index contributed by atoms with van der Waals surface area (Å²) in [4.78, 5) is 37.2. The van der Waals surface area contributed by atoms with Gasteiger partial charge in [-0.2, -0.15) is 0 Å². The summed E-state index contributed by atoms with van der Waals surface area (Å²) in [5.41, 5.74) is 6.65. The van der Waals surface area contributed by atoms with E-state index in [1.807, 2.05) is 38.5 Å². The Morgan fingerprint density at radius 3 is 2.59 bits per heavy atom. The highest BCUT2D eigenvalue weighted by atomic mass is 16.1. The minimum Gasteiger partial charge on any atom is -0.364 e. The smallest absolute Gasteiger partial charge is 0.251 e. The molecule has 2 fully saturated rings. The molecule has 1 aliphatic heterocycles. The van der Waals surface area contributed by atoms with Crippen LogP contribution in [0.2, 0.25) is 0 Å². The molecule has 1 saturated carbocycles. The lowest BCUT2D eigenvalue weighted by molar-refractivity contribution is 0.0659. The first-order valence-corrected chi connectivity index (χ1v) is 12.1. The predicted octanol–water partition coefficient (Wildman–Crippen LogP) is 3.43. The number of nitrogens with one attached hydrogen (secondary N) is 2. The van der Waals surface area contributed by atoms with Crippen LogP contribution in [0.25, 0.3) is 22.4 Å². The highest BCUT2D eigenvalue weighted by Crippen LogP contribution is 2.37. The molecule has 1 saturated heterocycles. The van der Waals surface area contributed by atoms with E-state index < -0.39 is 0 Å². The van der Waals surface area contributed by atoms with Gasteiger partial charge in [-0.1, -0.05) is 6.92 Å². The second kappa shape index (κ2) is 8.36. The Bertz CT molecular complexity index is 1390. The number of H-pyrrole nitrogens is 2. The van der Waals surface area contributed by atoms with Gasteiger partial charge >= 0.3 is 0 Å². The summed E-state index contributed by atoms with van der Waals surface area (Å²) >= 11 is 0. The summed E-state index contributed by atoms with van der Waals surface area (Å²) in [6.45, 7) is 6.76. The van der Waals surface area contributed by atoms with Crippen LogP contribution in [0.1, 0.15) is 36.7 Å². The average Bonchev–Trinajstić information content (AvgIpc) is 3.26. The molecular formula is C26H29N7O. The zero-order valence-electron chi connectivity index (χ0n) is 19.6. The Hall–Kier alpha value is -3.52. The number of aryl methyl sites for hydroxylation is 2. The van der Waals surface area contributed by atoms with Crippen LogP contribution in [-0.2, 0) is 13.0 Å². The van der Waals surface area contributed by atoms with Crippen LogP contribution >= 0.6 is 0 Å². The number of nitrogens with zero attached hydrogens (tertiary/aromatic N) is 5. The van der Waals surface area contributed by atoms with Gasteiger partial charge in [0.05, 0.1) is 40.5 Å². The first kappa shape index (κ1) is 21.0. The average molecular weight is 456 g/mol. The zero-order chi connectivity index (χ0) is 23.2. The lowest BCUT2D eigenvalue weighted by Gasteiger charge is -2.54. The lowest BCUT2D eigenvalue weighted by Crippen LogP contribution is -2.64. The van der Waals surface area contributed by atoms with Crippen molar-refractivity contribution in [2.45, 2.75) is 51.7 Å². The van der Waals surface area contributed by atoms with Gasteiger partial charge in [0.15, 0.2) is 0 Å². The molecule has 2 N–H and O–H groups in total. The van der Waals surface area contributed by atoms with Crippen LogP contribution in [-0.4, -0.2) is 55.0 Å². The molecule has 0 amide bonds. The van der Waals surface area contributed by atoms with Crippen LogP contribution < -0.4 is 10.5 Å². The molecule has 0 bridgehead atoms. The molecule has 0 spiro atoms. The quantitative estimate of drug-likeness (QED) is 0.479. The van der Waals surface area contributed by atoms with E-state index in [9.17, 15) is 4.79 Å². The highest BCUT2D eigenvalue weighted by molar-refractivity contribution is 5.74. The Balaban J connectivity index is 1.17. The molecule has 5 heterocycles. The molecule has 174 valence electrons. The van der Waals surface area contributed by atoms with Crippen molar-refractivity contribution in [3.8, 4) is 11.4 Å². The molecule has 4 aromatic rings. The molecule has 0 radical (unpaired) electrons. The Labute approximate surface area is 198 Å². The van der Waals surface area contributed by atoms with E-state index in [4.69, 9.17) is 4.98 Å². The number of anilines is 1. The number of piperazine rings is 1. The summed E-state index contributed by atoms with van der Waals surface area (Å²) in [5.74, 6) is 0.896. The van der Waals surface area contributed by atoms with Gasteiger partial charge in [0, 0.05) is 43.5 Å². The minimum atomic E-state index is -0.0103. The van der Waals surface area contributed by atoms with Crippen molar-refractivity contribution in [2.75, 3.05) is 18.0 Å². The van der Waals surface area contributed by atoms with E-state index in [-0.39, 0.29) is 5.56 Å². The van der Waals surface area contributed by atoms with Crippen LogP contribution in [0.3, 0.4) is 0 Å². The standard InChI is InChI=1S/C26H29N7O/c1-3-18-11-21-22(31-26(18)34)10-17(12-28-21)15-32-8-9-33(25-7-6-24(25)32)19-4-5-20(29-13-19)23-14-27-16(2)30-23/h4-5,10-14,24-25H,3,6-9,15H2,1-2H3,(H,27,30)(H,31,34)/t24-,25-/m1/s1. The molecule has 2 atom stereocenters. The molecule has 1 aliphatic carbocycles. The minimum absolute atomic E-state index is 0.0103. The monoisotopic (exact) mass is 455 g/mol. The van der Waals surface area contributed by atoms with Gasteiger partial charge in [0.2, 0.25) is 0 Å². The van der Waals surface area contributed by atoms with E-state index in [1.54, 1.807) is 0 Å². The molecule has 4 aromatic heterocycles. The number of aromatic nitrogens is 5. The van der Waals surface area contributed by atoms with Gasteiger partial charge in [0.25, 0.3) is 5.56 Å². The molecule has 8 nitrogen and oxygen atoms in total. The normalized spacial score (nSPS) is 20.4. The third kappa shape index (κ3) is 3.68. The summed E-state index contributed by atoms with van der Waals surface area (Å²) in [5, 5.41) is 0. The maximum atomic E-state index is 12.2. The van der Waals surface area contributed by atoms with Crippen molar-refractivity contribution < 1.29 is 0 Å².